The van der Waals surface area contributed by atoms with Gasteiger partial charge in [-0.05, 0) is 48.8 Å². The quantitative estimate of drug-likeness (QED) is 0.573. The lowest BCUT2D eigenvalue weighted by Crippen LogP contribution is -2.29. The van der Waals surface area contributed by atoms with Gasteiger partial charge in [-0.1, -0.05) is 47.6 Å². The third-order valence-corrected chi connectivity index (χ3v) is 6.72. The van der Waals surface area contributed by atoms with E-state index in [0.717, 1.165) is 34.5 Å². The Morgan fingerprint density at radius 1 is 1.03 bits per heavy atom. The molecule has 1 N–H and O–H groups in total. The van der Waals surface area contributed by atoms with Crippen molar-refractivity contribution in [1.29, 1.82) is 0 Å². The second-order valence-corrected chi connectivity index (χ2v) is 8.55. The number of fused-ring (bicyclic) bond motifs is 1. The lowest BCUT2D eigenvalue weighted by Gasteiger charge is -2.34. The maximum Gasteiger partial charge on any atom is 0.233 e. The minimum absolute atomic E-state index is 0.132. The molecule has 2 atom stereocenters. The predicted octanol–water partition coefficient (Wildman–Crippen LogP) is 5.66. The fourth-order valence-electron chi connectivity index (χ4n) is 4.56. The summed E-state index contributed by atoms with van der Waals surface area (Å²) in [6, 6.07) is 18.8. The van der Waals surface area contributed by atoms with Crippen LogP contribution in [0.5, 0.6) is 0 Å². The third kappa shape index (κ3) is 3.10. The minimum atomic E-state index is -0.132. The summed E-state index contributed by atoms with van der Waals surface area (Å²) in [6.45, 7) is 1.94. The Morgan fingerprint density at radius 3 is 2.52 bits per heavy atom. The summed E-state index contributed by atoms with van der Waals surface area (Å²) in [4.78, 5) is 14.6. The molecule has 0 radical (unpaired) electrons. The number of allylic oxidation sites excluding steroid dienone is 2. The van der Waals surface area contributed by atoms with Crippen LogP contribution in [-0.2, 0) is 4.79 Å². The van der Waals surface area contributed by atoms with Crippen LogP contribution >= 0.6 is 11.8 Å². The zero-order valence-electron chi connectivity index (χ0n) is 16.4. The Balaban J connectivity index is 1.61. The molecular weight excluding hydrogens is 380 g/mol. The molecule has 2 unspecified atom stereocenters. The van der Waals surface area contributed by atoms with Crippen LogP contribution < -0.4 is 5.32 Å². The fraction of sp³-hybridized carbons (Fsp3) is 0.250. The summed E-state index contributed by atoms with van der Waals surface area (Å²) in [5, 5.41) is 7.59. The monoisotopic (exact) mass is 402 g/mol. The van der Waals surface area contributed by atoms with Gasteiger partial charge in [-0.15, -0.1) is 11.8 Å². The first kappa shape index (κ1) is 18.3. The van der Waals surface area contributed by atoms with Crippen LogP contribution in [0.15, 0.2) is 75.3 Å². The lowest BCUT2D eigenvalue weighted by molar-refractivity contribution is -0.116. The Morgan fingerprint density at radius 2 is 1.79 bits per heavy atom. The average molecular weight is 403 g/mol. The van der Waals surface area contributed by atoms with Crippen LogP contribution in [0.25, 0.3) is 0 Å². The van der Waals surface area contributed by atoms with Crippen molar-refractivity contribution >= 4 is 23.4 Å². The van der Waals surface area contributed by atoms with E-state index in [0.29, 0.717) is 12.3 Å². The molecule has 3 aromatic rings. The summed E-state index contributed by atoms with van der Waals surface area (Å²) >= 11 is 1.71. The molecule has 1 aromatic heterocycles. The molecule has 2 heterocycles. The molecule has 0 fully saturated rings. The summed E-state index contributed by atoms with van der Waals surface area (Å²) in [5.74, 6) is 0.923. The first-order valence-corrected chi connectivity index (χ1v) is 11.1. The first-order chi connectivity index (χ1) is 14.2. The number of Topliss-reactive ketones (excluding diaryl/α,β-unsaturated/α-hetero) is 1. The number of ketones is 1. The van der Waals surface area contributed by atoms with Crippen LogP contribution in [0.3, 0.4) is 0 Å². The molecule has 0 amide bonds. The number of benzene rings is 2. The second-order valence-electron chi connectivity index (χ2n) is 7.67. The highest BCUT2D eigenvalue weighted by molar-refractivity contribution is 7.98. The van der Waals surface area contributed by atoms with E-state index in [9.17, 15) is 4.79 Å². The molecule has 5 rings (SSSR count). The summed E-state index contributed by atoms with van der Waals surface area (Å²) in [6.07, 6.45) is 3.39. The van der Waals surface area contributed by atoms with Crippen molar-refractivity contribution in [3.05, 3.63) is 88.3 Å². The smallest absolute Gasteiger partial charge is 0.233 e. The molecule has 0 saturated carbocycles. The molecule has 2 aromatic carbocycles. The fourth-order valence-corrected chi connectivity index (χ4v) is 4.97. The number of nitrogens with zero attached hydrogens (tertiary/aromatic N) is 1. The van der Waals surface area contributed by atoms with E-state index in [1.54, 1.807) is 11.8 Å². The van der Waals surface area contributed by atoms with Crippen LogP contribution in [0.2, 0.25) is 0 Å². The normalized spacial score (nSPS) is 20.8. The highest BCUT2D eigenvalue weighted by Gasteiger charge is 2.41. The lowest BCUT2D eigenvalue weighted by atomic mass is 9.72. The predicted molar refractivity (Wildman–Crippen MR) is 115 cm³/mol. The number of aromatic nitrogens is 1. The van der Waals surface area contributed by atoms with Crippen LogP contribution in [-0.4, -0.2) is 17.2 Å². The molecule has 0 spiro atoms. The van der Waals surface area contributed by atoms with Crippen LogP contribution in [0.1, 0.15) is 47.1 Å². The highest BCUT2D eigenvalue weighted by Crippen LogP contribution is 2.49. The zero-order valence-corrected chi connectivity index (χ0v) is 17.3. The Bertz CT molecular complexity index is 1100. The number of hydrogen-bond acceptors (Lipinski definition) is 5. The highest BCUT2D eigenvalue weighted by atomic mass is 32.2. The van der Waals surface area contributed by atoms with E-state index in [4.69, 9.17) is 4.52 Å². The van der Waals surface area contributed by atoms with Gasteiger partial charge in [-0.25, -0.2) is 0 Å². The molecule has 1 aliphatic heterocycles. The Labute approximate surface area is 174 Å². The van der Waals surface area contributed by atoms with Crippen molar-refractivity contribution in [3.63, 3.8) is 0 Å². The molecule has 2 aliphatic rings. The summed E-state index contributed by atoms with van der Waals surface area (Å²) < 4.78 is 5.60. The molecule has 1 aliphatic carbocycles. The van der Waals surface area contributed by atoms with Crippen molar-refractivity contribution in [2.45, 2.75) is 36.5 Å². The van der Waals surface area contributed by atoms with Crippen molar-refractivity contribution < 1.29 is 9.32 Å². The number of carbonyl (C=O) groups is 1. The minimum Gasteiger partial charge on any atom is -0.338 e. The van der Waals surface area contributed by atoms with Gasteiger partial charge >= 0.3 is 0 Å². The standard InChI is InChI=1S/C24H22N2O2S/c1-14-21-22(16-8-10-18(29-2)11-9-16)23-19(25-24(21)28-26-14)12-17(13-20(23)27)15-6-4-3-5-7-15/h3-11,17,22,25H,12-13H2,1-2H3. The van der Waals surface area contributed by atoms with Crippen molar-refractivity contribution in [2.75, 3.05) is 11.6 Å². The van der Waals surface area contributed by atoms with E-state index in [1.807, 2.05) is 25.1 Å². The SMILES string of the molecule is CSc1ccc(C2C3=C(CC(c4ccccc4)CC3=O)Nc3onc(C)c32)cc1. The van der Waals surface area contributed by atoms with Gasteiger partial charge in [0.05, 0.1) is 11.3 Å². The molecule has 29 heavy (non-hydrogen) atoms. The molecule has 0 bridgehead atoms. The number of anilines is 1. The van der Waals surface area contributed by atoms with Crippen LogP contribution in [0, 0.1) is 6.92 Å². The number of hydrogen-bond donors (Lipinski definition) is 1. The number of aryl methyl sites for hydroxylation is 1. The maximum atomic E-state index is 13.4. The first-order valence-electron chi connectivity index (χ1n) is 9.84. The van der Waals surface area contributed by atoms with E-state index in [2.05, 4.69) is 53.1 Å². The van der Waals surface area contributed by atoms with E-state index < -0.39 is 0 Å². The second kappa shape index (κ2) is 7.23. The summed E-state index contributed by atoms with van der Waals surface area (Å²) in [7, 11) is 0. The van der Waals surface area contributed by atoms with Crippen LogP contribution in [0.4, 0.5) is 5.88 Å². The Hall–Kier alpha value is -2.79. The largest absolute Gasteiger partial charge is 0.338 e. The van der Waals surface area contributed by atoms with Gasteiger partial charge in [-0.2, -0.15) is 0 Å². The van der Waals surface area contributed by atoms with Gasteiger partial charge in [0, 0.05) is 28.5 Å². The summed E-state index contributed by atoms with van der Waals surface area (Å²) in [5.41, 5.74) is 5.96. The molecule has 4 nitrogen and oxygen atoms in total. The molecule has 146 valence electrons. The molecular formula is C24H22N2O2S. The van der Waals surface area contributed by atoms with Gasteiger partial charge in [-0.3, -0.25) is 4.79 Å². The third-order valence-electron chi connectivity index (χ3n) is 5.98. The van der Waals surface area contributed by atoms with Crippen molar-refractivity contribution in [3.8, 4) is 0 Å². The molecule has 5 heteroatoms. The zero-order chi connectivity index (χ0) is 20.0. The Kier molecular flexibility index (Phi) is 4.55. The van der Waals surface area contributed by atoms with Crippen molar-refractivity contribution in [2.24, 2.45) is 0 Å². The van der Waals surface area contributed by atoms with Gasteiger partial charge in [0.1, 0.15) is 0 Å². The topological polar surface area (TPSA) is 55.1 Å². The number of nitrogens with one attached hydrogen (secondary N) is 1. The maximum absolute atomic E-state index is 13.4. The van der Waals surface area contributed by atoms with Crippen molar-refractivity contribution in [1.82, 2.24) is 5.16 Å². The van der Waals surface area contributed by atoms with Gasteiger partial charge in [0.15, 0.2) is 5.78 Å². The number of carbonyl (C=O) groups excluding carboxylic acids is 1. The van der Waals surface area contributed by atoms with Gasteiger partial charge in [0.25, 0.3) is 0 Å². The number of rotatable bonds is 3. The van der Waals surface area contributed by atoms with E-state index in [1.165, 1.54) is 10.5 Å². The molecule has 0 saturated heterocycles. The van der Waals surface area contributed by atoms with Gasteiger partial charge < -0.3 is 9.84 Å². The van der Waals surface area contributed by atoms with E-state index in [-0.39, 0.29) is 17.6 Å². The van der Waals surface area contributed by atoms with E-state index >= 15 is 0 Å². The number of thioether (sulfide) groups is 1. The average Bonchev–Trinajstić information content (AvgIpc) is 3.13. The van der Waals surface area contributed by atoms with Gasteiger partial charge in [0.2, 0.25) is 5.88 Å².